The zero-order chi connectivity index (χ0) is 26.2. The van der Waals surface area contributed by atoms with Crippen molar-refractivity contribution < 1.29 is 17.9 Å². The monoisotopic (exact) mass is 540 g/mol. The van der Waals surface area contributed by atoms with Gasteiger partial charge in [0, 0.05) is 25.1 Å². The number of ether oxygens (including phenoxy) is 1. The molecule has 2 fully saturated rings. The predicted octanol–water partition coefficient (Wildman–Crippen LogP) is 5.35. The summed E-state index contributed by atoms with van der Waals surface area (Å²) >= 11 is 6.52. The average Bonchev–Trinajstić information content (AvgIpc) is 3.52. The van der Waals surface area contributed by atoms with Gasteiger partial charge < -0.3 is 14.5 Å². The Morgan fingerprint density at radius 3 is 2.66 bits per heavy atom. The third-order valence-corrected chi connectivity index (χ3v) is 7.18. The van der Waals surface area contributed by atoms with E-state index >= 15 is 0 Å². The minimum absolute atomic E-state index is 0.0218. The molecule has 1 aromatic carbocycles. The lowest BCUT2D eigenvalue weighted by molar-refractivity contribution is 0.122. The molecule has 2 aliphatic heterocycles. The van der Waals surface area contributed by atoms with Crippen molar-refractivity contribution >= 4 is 40.9 Å². The maximum atomic E-state index is 14.5. The molecule has 11 heteroatoms. The molecule has 38 heavy (non-hydrogen) atoms. The Morgan fingerprint density at radius 1 is 1.00 bits per heavy atom. The van der Waals surface area contributed by atoms with Crippen LogP contribution in [0.15, 0.2) is 48.8 Å². The highest BCUT2D eigenvalue weighted by Gasteiger charge is 2.36. The van der Waals surface area contributed by atoms with Crippen LogP contribution < -0.4 is 9.80 Å². The van der Waals surface area contributed by atoms with Gasteiger partial charge in [-0.15, -0.1) is 5.10 Å². The van der Waals surface area contributed by atoms with Gasteiger partial charge >= 0.3 is 0 Å². The second kappa shape index (κ2) is 10.3. The summed E-state index contributed by atoms with van der Waals surface area (Å²) in [5.41, 5.74) is 2.88. The van der Waals surface area contributed by atoms with Crippen molar-refractivity contribution in [3.8, 4) is 0 Å². The fraction of sp³-hybridized carbons (Fsp3) is 0.296. The summed E-state index contributed by atoms with van der Waals surface area (Å²) in [6, 6.07) is 7.91. The van der Waals surface area contributed by atoms with Crippen LogP contribution in [0.1, 0.15) is 29.4 Å². The van der Waals surface area contributed by atoms with Crippen molar-refractivity contribution in [2.45, 2.75) is 18.6 Å². The van der Waals surface area contributed by atoms with Crippen LogP contribution in [-0.4, -0.2) is 58.6 Å². The highest BCUT2D eigenvalue weighted by atomic mass is 35.5. The lowest BCUT2D eigenvalue weighted by atomic mass is 10.0. The Hall–Kier alpha value is -3.63. The Balaban J connectivity index is 1.28. The van der Waals surface area contributed by atoms with Gasteiger partial charge in [0.15, 0.2) is 5.65 Å². The van der Waals surface area contributed by atoms with Crippen LogP contribution in [0.3, 0.4) is 0 Å². The highest BCUT2D eigenvalue weighted by Crippen LogP contribution is 2.38. The predicted molar refractivity (Wildman–Crippen MR) is 140 cm³/mol. The third kappa shape index (κ3) is 4.81. The number of rotatable bonds is 5. The molecule has 0 radical (unpaired) electrons. The highest BCUT2D eigenvalue weighted by molar-refractivity contribution is 6.32. The first-order chi connectivity index (χ1) is 18.5. The molecule has 0 saturated carbocycles. The summed E-state index contributed by atoms with van der Waals surface area (Å²) in [5, 5.41) is 5.18. The molecule has 0 N–H and O–H groups in total. The van der Waals surface area contributed by atoms with Gasteiger partial charge in [-0.3, -0.25) is 4.98 Å². The first-order valence-corrected chi connectivity index (χ1v) is 12.7. The van der Waals surface area contributed by atoms with E-state index < -0.39 is 23.8 Å². The second-order valence-corrected chi connectivity index (χ2v) is 9.71. The standard InChI is InChI=1S/C27H24ClF3N6O/c28-22-13-20(35-7-9-38-10-8-35)15-32-24(22)4-2-19-14-33-26-5-6-27(34-37(19)26)36-16-18(30)12-25(36)21-11-17(29)1-3-23(21)31/h1-6,11,13-15,18,25H,7-10,12,16H2/b4-2+/t18-,25+/m0/s1. The minimum Gasteiger partial charge on any atom is -0.378 e. The number of benzene rings is 1. The van der Waals surface area contributed by atoms with Crippen molar-refractivity contribution in [1.29, 1.82) is 0 Å². The Bertz CT molecular complexity index is 1510. The molecule has 7 nitrogen and oxygen atoms in total. The van der Waals surface area contributed by atoms with Crippen LogP contribution in [0.25, 0.3) is 17.8 Å². The largest absolute Gasteiger partial charge is 0.378 e. The van der Waals surface area contributed by atoms with Crippen LogP contribution in [-0.2, 0) is 4.74 Å². The summed E-state index contributed by atoms with van der Waals surface area (Å²) in [5.74, 6) is -0.712. The molecule has 0 spiro atoms. The van der Waals surface area contributed by atoms with E-state index in [1.54, 1.807) is 46.1 Å². The fourth-order valence-corrected chi connectivity index (χ4v) is 5.19. The smallest absolute Gasteiger partial charge is 0.154 e. The Morgan fingerprint density at radius 2 is 1.84 bits per heavy atom. The Kier molecular flexibility index (Phi) is 6.67. The van der Waals surface area contributed by atoms with Crippen LogP contribution >= 0.6 is 11.6 Å². The van der Waals surface area contributed by atoms with E-state index in [9.17, 15) is 13.2 Å². The number of halogens is 4. The van der Waals surface area contributed by atoms with Gasteiger partial charge in [0.25, 0.3) is 0 Å². The van der Waals surface area contributed by atoms with Gasteiger partial charge in [0.2, 0.25) is 0 Å². The summed E-state index contributed by atoms with van der Waals surface area (Å²) in [6.07, 6.45) is 5.86. The van der Waals surface area contributed by atoms with Crippen molar-refractivity contribution in [2.24, 2.45) is 0 Å². The first kappa shape index (κ1) is 24.7. The van der Waals surface area contributed by atoms with Crippen LogP contribution in [0, 0.1) is 11.6 Å². The van der Waals surface area contributed by atoms with Crippen LogP contribution in [0.5, 0.6) is 0 Å². The zero-order valence-electron chi connectivity index (χ0n) is 20.3. The van der Waals surface area contributed by atoms with Crippen molar-refractivity contribution in [3.05, 3.63) is 82.4 Å². The van der Waals surface area contributed by atoms with Crippen LogP contribution in [0.2, 0.25) is 5.02 Å². The molecule has 4 aromatic rings. The second-order valence-electron chi connectivity index (χ2n) is 9.30. The average molecular weight is 541 g/mol. The number of morpholine rings is 1. The zero-order valence-corrected chi connectivity index (χ0v) is 21.0. The SMILES string of the molecule is Fc1ccc(F)c([C@H]2C[C@H](F)CN2c2ccc3ncc(/C=C/c4ncc(N5CCOCC5)cc4Cl)n3n2)c1. The number of hydrogen-bond acceptors (Lipinski definition) is 6. The van der Waals surface area contributed by atoms with Crippen molar-refractivity contribution in [3.63, 3.8) is 0 Å². The third-order valence-electron chi connectivity index (χ3n) is 6.88. The minimum atomic E-state index is -1.20. The molecule has 2 atom stereocenters. The molecule has 2 saturated heterocycles. The lowest BCUT2D eigenvalue weighted by Crippen LogP contribution is -2.36. The molecule has 5 heterocycles. The maximum Gasteiger partial charge on any atom is 0.154 e. The molecule has 0 unspecified atom stereocenters. The van der Waals surface area contributed by atoms with Gasteiger partial charge in [-0.1, -0.05) is 11.6 Å². The fourth-order valence-electron chi connectivity index (χ4n) is 4.97. The number of alkyl halides is 1. The van der Waals surface area contributed by atoms with Crippen molar-refractivity contribution in [2.75, 3.05) is 42.6 Å². The van der Waals surface area contributed by atoms with Crippen LogP contribution in [0.4, 0.5) is 24.7 Å². The molecular weight excluding hydrogens is 517 g/mol. The van der Waals surface area contributed by atoms with Gasteiger partial charge in [0.05, 0.1) is 60.3 Å². The van der Waals surface area contributed by atoms with E-state index in [2.05, 4.69) is 20.0 Å². The molecule has 2 aliphatic rings. The topological polar surface area (TPSA) is 58.8 Å². The molecule has 0 amide bonds. The molecule has 0 bridgehead atoms. The number of anilines is 2. The quantitative estimate of drug-likeness (QED) is 0.340. The number of fused-ring (bicyclic) bond motifs is 1. The summed E-state index contributed by atoms with van der Waals surface area (Å²) in [7, 11) is 0. The van der Waals surface area contributed by atoms with Gasteiger partial charge in [-0.2, -0.15) is 0 Å². The van der Waals surface area contributed by atoms with E-state index in [-0.39, 0.29) is 18.5 Å². The number of nitrogens with zero attached hydrogens (tertiary/aromatic N) is 6. The number of pyridine rings is 1. The molecule has 3 aromatic heterocycles. The van der Waals surface area contributed by atoms with Gasteiger partial charge in [-0.05, 0) is 48.6 Å². The number of aromatic nitrogens is 4. The normalized spacial score (nSPS) is 20.2. The molecule has 196 valence electrons. The lowest BCUT2D eigenvalue weighted by Gasteiger charge is -2.28. The molecule has 0 aliphatic carbocycles. The van der Waals surface area contributed by atoms with E-state index in [4.69, 9.17) is 16.3 Å². The molecule has 6 rings (SSSR count). The first-order valence-electron chi connectivity index (χ1n) is 12.3. The van der Waals surface area contributed by atoms with E-state index in [0.717, 1.165) is 37.0 Å². The van der Waals surface area contributed by atoms with Gasteiger partial charge in [-0.25, -0.2) is 22.7 Å². The van der Waals surface area contributed by atoms with E-state index in [1.807, 2.05) is 6.07 Å². The van der Waals surface area contributed by atoms with E-state index in [1.165, 1.54) is 0 Å². The van der Waals surface area contributed by atoms with Crippen molar-refractivity contribution in [1.82, 2.24) is 19.6 Å². The maximum absolute atomic E-state index is 14.5. The Labute approximate surface area is 222 Å². The van der Waals surface area contributed by atoms with E-state index in [0.29, 0.717) is 41.1 Å². The number of imidazole rings is 1. The summed E-state index contributed by atoms with van der Waals surface area (Å²) in [6.45, 7) is 2.94. The summed E-state index contributed by atoms with van der Waals surface area (Å²) in [4.78, 5) is 12.7. The molecular formula is C27H24ClF3N6O. The number of hydrogen-bond donors (Lipinski definition) is 0. The van der Waals surface area contributed by atoms with Gasteiger partial charge in [0.1, 0.15) is 23.6 Å². The summed E-state index contributed by atoms with van der Waals surface area (Å²) < 4.78 is 50.0.